The molecule has 0 spiro atoms. The number of anilines is 3. The number of aromatic amines is 1. The zero-order valence-electron chi connectivity index (χ0n) is 21.1. The van der Waals surface area contributed by atoms with Gasteiger partial charge in [-0.25, -0.2) is 14.4 Å². The number of aliphatic hydroxyl groups excluding tert-OH is 1. The Morgan fingerprint density at radius 2 is 2.08 bits per heavy atom. The second-order valence-electron chi connectivity index (χ2n) is 8.68. The summed E-state index contributed by atoms with van der Waals surface area (Å²) in [5.74, 6) is 0.846. The van der Waals surface area contributed by atoms with Crippen molar-refractivity contribution in [3.63, 3.8) is 0 Å². The molecule has 2 aromatic heterocycles. The fourth-order valence-electron chi connectivity index (χ4n) is 3.91. The number of primary amides is 1. The smallest absolute Gasteiger partial charge is 0.223 e. The topological polar surface area (TPSA) is 152 Å². The van der Waals surface area contributed by atoms with Crippen LogP contribution in [0.15, 0.2) is 48.8 Å². The van der Waals surface area contributed by atoms with E-state index in [2.05, 4.69) is 25.5 Å². The quantitative estimate of drug-likeness (QED) is 0.194. The normalized spacial score (nSPS) is 11.9. The van der Waals surface area contributed by atoms with Crippen LogP contribution in [-0.4, -0.2) is 64.1 Å². The van der Waals surface area contributed by atoms with Crippen molar-refractivity contribution in [1.82, 2.24) is 25.5 Å². The van der Waals surface area contributed by atoms with Gasteiger partial charge in [-0.1, -0.05) is 6.07 Å². The predicted molar refractivity (Wildman–Crippen MR) is 140 cm³/mol. The number of H-pyrrole nitrogens is 1. The Hall–Kier alpha value is -4.29. The molecule has 2 aromatic carbocycles. The van der Waals surface area contributed by atoms with Crippen molar-refractivity contribution < 1.29 is 23.8 Å². The monoisotopic (exact) mass is 523 g/mol. The molecule has 0 unspecified atom stereocenters. The molecule has 0 saturated heterocycles. The van der Waals surface area contributed by atoms with Gasteiger partial charge in [-0.05, 0) is 44.2 Å². The molecular formula is C26H30FN7O4. The third kappa shape index (κ3) is 6.52. The Bertz CT molecular complexity index is 1400. The summed E-state index contributed by atoms with van der Waals surface area (Å²) in [4.78, 5) is 22.0. The molecule has 0 bridgehead atoms. The first-order valence-electron chi connectivity index (χ1n) is 12.1. The predicted octanol–water partition coefficient (Wildman–Crippen LogP) is 2.74. The number of benzene rings is 2. The Morgan fingerprint density at radius 1 is 1.24 bits per heavy atom. The highest BCUT2D eigenvalue weighted by Gasteiger charge is 2.22. The maximum Gasteiger partial charge on any atom is 0.223 e. The lowest BCUT2D eigenvalue weighted by Crippen LogP contribution is -2.26. The van der Waals surface area contributed by atoms with Crippen LogP contribution in [0, 0.1) is 5.82 Å². The lowest BCUT2D eigenvalue weighted by Gasteiger charge is -2.23. The number of nitrogens with one attached hydrogen (secondary N) is 2. The van der Waals surface area contributed by atoms with Crippen LogP contribution in [-0.2, 0) is 11.2 Å². The lowest BCUT2D eigenvalue weighted by atomic mass is 10.1. The van der Waals surface area contributed by atoms with Crippen LogP contribution in [0.5, 0.6) is 11.5 Å². The van der Waals surface area contributed by atoms with E-state index in [1.54, 1.807) is 42.2 Å². The molecule has 5 N–H and O–H groups in total. The molecule has 200 valence electrons. The number of halogens is 1. The Kier molecular flexibility index (Phi) is 8.66. The highest BCUT2D eigenvalue weighted by molar-refractivity contribution is 5.96. The zero-order valence-corrected chi connectivity index (χ0v) is 21.1. The van der Waals surface area contributed by atoms with Crippen LogP contribution in [0.4, 0.5) is 21.7 Å². The molecule has 11 nitrogen and oxygen atoms in total. The van der Waals surface area contributed by atoms with Gasteiger partial charge in [0.1, 0.15) is 18.0 Å². The van der Waals surface area contributed by atoms with E-state index in [-0.39, 0.29) is 6.42 Å². The molecule has 2 heterocycles. The van der Waals surface area contributed by atoms with E-state index in [9.17, 15) is 14.3 Å². The minimum Gasteiger partial charge on any atom is -0.493 e. The molecule has 0 saturated carbocycles. The van der Waals surface area contributed by atoms with Gasteiger partial charge in [0.25, 0.3) is 0 Å². The van der Waals surface area contributed by atoms with Gasteiger partial charge in [-0.2, -0.15) is 5.10 Å². The largest absolute Gasteiger partial charge is 0.493 e. The first kappa shape index (κ1) is 26.8. The Labute approximate surface area is 218 Å². The van der Waals surface area contributed by atoms with Crippen molar-refractivity contribution >= 4 is 34.1 Å². The molecule has 4 rings (SSSR count). The number of hydrogen-bond donors (Lipinski definition) is 4. The summed E-state index contributed by atoms with van der Waals surface area (Å²) in [5, 5.41) is 20.2. The van der Waals surface area contributed by atoms with E-state index in [1.807, 2.05) is 0 Å². The number of ether oxygens (including phenoxy) is 2. The number of aromatic nitrogens is 4. The second-order valence-corrected chi connectivity index (χ2v) is 8.68. The van der Waals surface area contributed by atoms with E-state index in [4.69, 9.17) is 15.2 Å². The first-order valence-corrected chi connectivity index (χ1v) is 12.1. The number of nitrogens with two attached hydrogens (primary N) is 1. The molecule has 0 aliphatic heterocycles. The fourth-order valence-corrected chi connectivity index (χ4v) is 3.91. The molecule has 38 heavy (non-hydrogen) atoms. The van der Waals surface area contributed by atoms with Crippen LogP contribution in [0.25, 0.3) is 10.9 Å². The van der Waals surface area contributed by atoms with Gasteiger partial charge in [0.05, 0.1) is 37.4 Å². The second kappa shape index (κ2) is 12.3. The van der Waals surface area contributed by atoms with Crippen molar-refractivity contribution in [1.29, 1.82) is 0 Å². The molecule has 1 amide bonds. The van der Waals surface area contributed by atoms with Crippen molar-refractivity contribution in [3.8, 4) is 11.5 Å². The van der Waals surface area contributed by atoms with Crippen molar-refractivity contribution in [2.75, 3.05) is 31.7 Å². The summed E-state index contributed by atoms with van der Waals surface area (Å²) >= 11 is 0. The minimum absolute atomic E-state index is 0.0302. The maximum atomic E-state index is 14.3. The number of carbonyl (C=O) groups excluding carboxylic acids is 1. The fraction of sp³-hybridized carbons (Fsp3) is 0.308. The van der Waals surface area contributed by atoms with Crippen LogP contribution in [0.2, 0.25) is 0 Å². The van der Waals surface area contributed by atoms with E-state index in [1.165, 1.54) is 25.6 Å². The molecule has 0 radical (unpaired) electrons. The zero-order chi connectivity index (χ0) is 27.1. The van der Waals surface area contributed by atoms with E-state index in [0.717, 1.165) is 6.42 Å². The first-order chi connectivity index (χ1) is 18.4. The van der Waals surface area contributed by atoms with Gasteiger partial charge in [0.2, 0.25) is 5.91 Å². The average Bonchev–Trinajstić information content (AvgIpc) is 3.33. The van der Waals surface area contributed by atoms with Crippen molar-refractivity contribution in [2.45, 2.75) is 25.9 Å². The number of aliphatic hydroxyl groups is 1. The van der Waals surface area contributed by atoms with Gasteiger partial charge >= 0.3 is 0 Å². The highest BCUT2D eigenvalue weighted by Crippen LogP contribution is 2.40. The number of hydrogen-bond acceptors (Lipinski definition) is 9. The summed E-state index contributed by atoms with van der Waals surface area (Å²) in [6.45, 7) is 3.36. The Balaban J connectivity index is 1.70. The molecule has 0 aliphatic carbocycles. The number of rotatable bonds is 13. The molecule has 4 aromatic rings. The maximum absolute atomic E-state index is 14.3. The van der Waals surface area contributed by atoms with E-state index in [0.29, 0.717) is 65.1 Å². The van der Waals surface area contributed by atoms with E-state index < -0.39 is 17.8 Å². The van der Waals surface area contributed by atoms with Crippen LogP contribution in [0.1, 0.15) is 19.0 Å². The molecule has 1 atom stereocenters. The number of amides is 1. The number of carbonyl (C=O) groups is 1. The van der Waals surface area contributed by atoms with E-state index >= 15 is 0 Å². The summed E-state index contributed by atoms with van der Waals surface area (Å²) < 4.78 is 25.8. The summed E-state index contributed by atoms with van der Waals surface area (Å²) in [7, 11) is 1.54. The number of nitrogens with zero attached hydrogens (tertiary/aromatic N) is 4. The van der Waals surface area contributed by atoms with Crippen molar-refractivity contribution in [2.24, 2.45) is 5.73 Å². The summed E-state index contributed by atoms with van der Waals surface area (Å²) in [6.07, 6.45) is 1.69. The standard InChI is InChI=1S/C26H30FN7O4/c1-16(35)14-29-7-4-8-38-23-13-21-20(12-22(23)37-2)26(31-15-30-21)34(19-6-3-5-17(27)9-19)25-11-18(32-33-25)10-24(28)36/h3,5-6,9,11-13,15-16,29,35H,4,7-8,10,14H2,1-2H3,(H2,28,36)(H,32,33)/t16-/m1/s1. The van der Waals surface area contributed by atoms with Gasteiger partial charge in [-0.15, -0.1) is 0 Å². The molecule has 12 heteroatoms. The summed E-state index contributed by atoms with van der Waals surface area (Å²) in [6, 6.07) is 11.2. The van der Waals surface area contributed by atoms with Crippen molar-refractivity contribution in [3.05, 3.63) is 60.3 Å². The molecule has 0 fully saturated rings. The van der Waals surface area contributed by atoms with Gasteiger partial charge in [0.15, 0.2) is 17.3 Å². The van der Waals surface area contributed by atoms with Crippen LogP contribution in [0.3, 0.4) is 0 Å². The third-order valence-corrected chi connectivity index (χ3v) is 5.58. The molecular weight excluding hydrogens is 493 g/mol. The third-order valence-electron chi connectivity index (χ3n) is 5.58. The molecule has 0 aliphatic rings. The number of methoxy groups -OCH3 is 1. The summed E-state index contributed by atoms with van der Waals surface area (Å²) in [5.41, 5.74) is 6.88. The lowest BCUT2D eigenvalue weighted by molar-refractivity contribution is -0.117. The average molecular weight is 524 g/mol. The minimum atomic E-state index is -0.513. The number of fused-ring (bicyclic) bond motifs is 1. The SMILES string of the molecule is COc1cc2c(N(c3cccc(F)c3)c3cc(CC(N)=O)[nH]n3)ncnc2cc1OCCCNC[C@@H](C)O. The van der Waals surface area contributed by atoms with Gasteiger partial charge < -0.3 is 25.6 Å². The van der Waals surface area contributed by atoms with Crippen LogP contribution >= 0.6 is 0 Å². The Morgan fingerprint density at radius 3 is 2.82 bits per heavy atom. The highest BCUT2D eigenvalue weighted by atomic mass is 19.1. The van der Waals surface area contributed by atoms with Gasteiger partial charge in [-0.3, -0.25) is 14.8 Å². The van der Waals surface area contributed by atoms with Crippen LogP contribution < -0.4 is 25.4 Å². The van der Waals surface area contributed by atoms with Gasteiger partial charge in [0, 0.05) is 29.8 Å².